The number of hydrogen-bond donors (Lipinski definition) is 2. The summed E-state index contributed by atoms with van der Waals surface area (Å²) in [6, 6.07) is 5.51. The van der Waals surface area contributed by atoms with Crippen molar-refractivity contribution in [2.45, 2.75) is 32.2 Å². The summed E-state index contributed by atoms with van der Waals surface area (Å²) in [6.07, 6.45) is 3.59. The normalized spacial score (nSPS) is 16.6. The zero-order valence-electron chi connectivity index (χ0n) is 9.74. The van der Waals surface area contributed by atoms with Crippen LogP contribution in [0.2, 0.25) is 5.02 Å². The minimum Gasteiger partial charge on any atom is -0.478 e. The summed E-state index contributed by atoms with van der Waals surface area (Å²) in [6.45, 7) is 2.14. The van der Waals surface area contributed by atoms with Crippen molar-refractivity contribution in [3.8, 4) is 0 Å². The number of carboxylic acid groups (broad SMARTS) is 1. The Balaban J connectivity index is 2.15. The number of anilines is 1. The van der Waals surface area contributed by atoms with Gasteiger partial charge in [0.15, 0.2) is 0 Å². The third-order valence-electron chi connectivity index (χ3n) is 3.18. The van der Waals surface area contributed by atoms with Crippen LogP contribution in [0.25, 0.3) is 0 Å². The van der Waals surface area contributed by atoms with Gasteiger partial charge in [0.25, 0.3) is 0 Å². The highest BCUT2D eigenvalue weighted by Crippen LogP contribution is 2.35. The first-order valence-corrected chi connectivity index (χ1v) is 6.29. The average Bonchev–Trinajstić information content (AvgIpc) is 3.11. The van der Waals surface area contributed by atoms with Crippen molar-refractivity contribution in [1.29, 1.82) is 0 Å². The first-order chi connectivity index (χ1) is 8.11. The van der Waals surface area contributed by atoms with Gasteiger partial charge in [0.05, 0.1) is 10.6 Å². The number of nitrogens with one attached hydrogen (secondary N) is 1. The second-order valence-corrected chi connectivity index (χ2v) is 4.90. The van der Waals surface area contributed by atoms with Crippen molar-refractivity contribution in [3.05, 3.63) is 28.8 Å². The van der Waals surface area contributed by atoms with Crippen molar-refractivity contribution >= 4 is 23.3 Å². The molecule has 0 spiro atoms. The molecule has 0 bridgehead atoms. The predicted octanol–water partition coefficient (Wildman–Crippen LogP) is 3.64. The quantitative estimate of drug-likeness (QED) is 0.842. The van der Waals surface area contributed by atoms with Gasteiger partial charge < -0.3 is 10.4 Å². The molecular formula is C13H16ClNO2. The van der Waals surface area contributed by atoms with Gasteiger partial charge in [-0.3, -0.25) is 0 Å². The van der Waals surface area contributed by atoms with E-state index >= 15 is 0 Å². The van der Waals surface area contributed by atoms with Crippen molar-refractivity contribution in [2.75, 3.05) is 5.32 Å². The van der Waals surface area contributed by atoms with Crippen molar-refractivity contribution in [1.82, 2.24) is 0 Å². The van der Waals surface area contributed by atoms with Gasteiger partial charge in [-0.15, -0.1) is 0 Å². The Morgan fingerprint density at radius 3 is 2.82 bits per heavy atom. The van der Waals surface area contributed by atoms with E-state index in [4.69, 9.17) is 16.7 Å². The molecule has 0 radical (unpaired) electrons. The number of rotatable bonds is 5. The average molecular weight is 254 g/mol. The molecule has 1 fully saturated rings. The van der Waals surface area contributed by atoms with Gasteiger partial charge in [-0.05, 0) is 43.4 Å². The standard InChI is InChI=1S/C13H16ClNO2/c1-2-12(8-3-4-8)15-9-5-6-11(14)10(7-9)13(16)17/h5-8,12,15H,2-4H2,1H3,(H,16,17). The van der Waals surface area contributed by atoms with E-state index in [1.54, 1.807) is 12.1 Å². The molecule has 2 rings (SSSR count). The van der Waals surface area contributed by atoms with E-state index in [0.29, 0.717) is 6.04 Å². The van der Waals surface area contributed by atoms with Crippen LogP contribution in [0.1, 0.15) is 36.5 Å². The highest BCUT2D eigenvalue weighted by atomic mass is 35.5. The summed E-state index contributed by atoms with van der Waals surface area (Å²) in [5.74, 6) is -0.248. The molecular weight excluding hydrogens is 238 g/mol. The van der Waals surface area contributed by atoms with Crippen LogP contribution in [-0.2, 0) is 0 Å². The lowest BCUT2D eigenvalue weighted by Gasteiger charge is -2.18. The lowest BCUT2D eigenvalue weighted by Crippen LogP contribution is -2.20. The van der Waals surface area contributed by atoms with Crippen molar-refractivity contribution in [3.63, 3.8) is 0 Å². The number of halogens is 1. The van der Waals surface area contributed by atoms with Crippen LogP contribution in [0.3, 0.4) is 0 Å². The Morgan fingerprint density at radius 1 is 1.59 bits per heavy atom. The maximum atomic E-state index is 11.0. The molecule has 1 saturated carbocycles. The zero-order valence-corrected chi connectivity index (χ0v) is 10.5. The molecule has 0 heterocycles. The minimum atomic E-state index is -0.988. The molecule has 1 aliphatic rings. The van der Waals surface area contributed by atoms with Crippen molar-refractivity contribution in [2.24, 2.45) is 5.92 Å². The summed E-state index contributed by atoms with van der Waals surface area (Å²) in [5.41, 5.74) is 0.993. The Morgan fingerprint density at radius 2 is 2.29 bits per heavy atom. The summed E-state index contributed by atoms with van der Waals surface area (Å²) in [5, 5.41) is 12.7. The van der Waals surface area contributed by atoms with Gasteiger partial charge in [-0.25, -0.2) is 4.79 Å². The fraction of sp³-hybridized carbons (Fsp3) is 0.462. The largest absolute Gasteiger partial charge is 0.478 e. The van der Waals surface area contributed by atoms with Crippen LogP contribution < -0.4 is 5.32 Å². The monoisotopic (exact) mass is 253 g/mol. The Hall–Kier alpha value is -1.22. The molecule has 1 atom stereocenters. The van der Waals surface area contributed by atoms with Gasteiger partial charge >= 0.3 is 5.97 Å². The van der Waals surface area contributed by atoms with Crippen LogP contribution in [0, 0.1) is 5.92 Å². The summed E-state index contributed by atoms with van der Waals surface area (Å²) < 4.78 is 0. The van der Waals surface area contributed by atoms with Crippen LogP contribution in [-0.4, -0.2) is 17.1 Å². The number of benzene rings is 1. The number of carboxylic acids is 1. The van der Waals surface area contributed by atoms with E-state index in [0.717, 1.165) is 18.0 Å². The van der Waals surface area contributed by atoms with Crippen LogP contribution in [0.4, 0.5) is 5.69 Å². The van der Waals surface area contributed by atoms with Crippen molar-refractivity contribution < 1.29 is 9.90 Å². The minimum absolute atomic E-state index is 0.155. The maximum Gasteiger partial charge on any atom is 0.337 e. The molecule has 17 heavy (non-hydrogen) atoms. The lowest BCUT2D eigenvalue weighted by atomic mass is 10.1. The van der Waals surface area contributed by atoms with Gasteiger partial charge in [-0.2, -0.15) is 0 Å². The molecule has 0 saturated heterocycles. The summed E-state index contributed by atoms with van der Waals surface area (Å²) in [7, 11) is 0. The van der Waals surface area contributed by atoms with Crippen LogP contribution in [0.15, 0.2) is 18.2 Å². The molecule has 0 amide bonds. The van der Waals surface area contributed by atoms with E-state index in [-0.39, 0.29) is 10.6 Å². The Bertz CT molecular complexity index is 429. The Kier molecular flexibility index (Phi) is 3.57. The lowest BCUT2D eigenvalue weighted by molar-refractivity contribution is 0.0697. The molecule has 92 valence electrons. The first kappa shape index (κ1) is 12.2. The summed E-state index contributed by atoms with van der Waals surface area (Å²) >= 11 is 5.83. The predicted molar refractivity (Wildman–Crippen MR) is 68.8 cm³/mol. The number of carbonyl (C=O) groups is 1. The third kappa shape index (κ3) is 2.91. The molecule has 2 N–H and O–H groups in total. The molecule has 1 aromatic rings. The van der Waals surface area contributed by atoms with E-state index < -0.39 is 5.97 Å². The van der Waals surface area contributed by atoms with Gasteiger partial charge in [-0.1, -0.05) is 18.5 Å². The first-order valence-electron chi connectivity index (χ1n) is 5.91. The summed E-state index contributed by atoms with van der Waals surface area (Å²) in [4.78, 5) is 11.0. The molecule has 1 unspecified atom stereocenters. The Labute approximate surface area is 106 Å². The van der Waals surface area contributed by atoms with E-state index in [1.807, 2.05) is 6.07 Å². The molecule has 0 aromatic heterocycles. The molecule has 4 heteroatoms. The molecule has 3 nitrogen and oxygen atoms in total. The highest BCUT2D eigenvalue weighted by molar-refractivity contribution is 6.33. The second kappa shape index (κ2) is 4.96. The van der Waals surface area contributed by atoms with E-state index in [2.05, 4.69) is 12.2 Å². The smallest absolute Gasteiger partial charge is 0.337 e. The fourth-order valence-electron chi connectivity index (χ4n) is 2.04. The topological polar surface area (TPSA) is 49.3 Å². The molecule has 0 aliphatic heterocycles. The van der Waals surface area contributed by atoms with Gasteiger partial charge in [0.1, 0.15) is 0 Å². The fourth-order valence-corrected chi connectivity index (χ4v) is 2.24. The van der Waals surface area contributed by atoms with Gasteiger partial charge in [0.2, 0.25) is 0 Å². The second-order valence-electron chi connectivity index (χ2n) is 4.50. The molecule has 1 aliphatic carbocycles. The maximum absolute atomic E-state index is 11.0. The SMILES string of the molecule is CCC(Nc1ccc(Cl)c(C(=O)O)c1)C1CC1. The van der Waals surface area contributed by atoms with Gasteiger partial charge in [0, 0.05) is 11.7 Å². The number of hydrogen-bond acceptors (Lipinski definition) is 2. The van der Waals surface area contributed by atoms with Crippen LogP contribution in [0.5, 0.6) is 0 Å². The van der Waals surface area contributed by atoms with Crippen LogP contribution >= 0.6 is 11.6 Å². The molecule has 1 aromatic carbocycles. The van der Waals surface area contributed by atoms with E-state index in [9.17, 15) is 4.79 Å². The highest BCUT2D eigenvalue weighted by Gasteiger charge is 2.29. The number of aromatic carboxylic acids is 1. The third-order valence-corrected chi connectivity index (χ3v) is 3.51. The van der Waals surface area contributed by atoms with E-state index in [1.165, 1.54) is 12.8 Å². The zero-order chi connectivity index (χ0) is 12.4.